The van der Waals surface area contributed by atoms with E-state index in [0.717, 1.165) is 50.7 Å². The lowest BCUT2D eigenvalue weighted by Gasteiger charge is -2.51. The van der Waals surface area contributed by atoms with Crippen molar-refractivity contribution in [2.75, 3.05) is 14.7 Å². The first-order chi connectivity index (χ1) is 31.2. The molecule has 6 heterocycles. The van der Waals surface area contributed by atoms with Gasteiger partial charge >= 0.3 is 0 Å². The molecule has 15 rings (SSSR count). The average Bonchev–Trinajstić information content (AvgIpc) is 3.34. The van der Waals surface area contributed by atoms with Gasteiger partial charge in [0, 0.05) is 63.3 Å². The number of hydrogen-bond donors (Lipinski definition) is 0. The topological polar surface area (TPSA) is 46.6 Å². The molecule has 292 valence electrons. The fraction of sp³-hybridized carbons (Fsp3) is 0. The van der Waals surface area contributed by atoms with Gasteiger partial charge in [0.1, 0.15) is 0 Å². The molecule has 0 spiro atoms. The van der Waals surface area contributed by atoms with Gasteiger partial charge in [0.2, 0.25) is 0 Å². The number of fused-ring (bicyclic) bond motifs is 14. The highest BCUT2D eigenvalue weighted by Gasteiger charge is 2.52. The van der Waals surface area contributed by atoms with Crippen LogP contribution in [0, 0.1) is 0 Å². The smallest absolute Gasteiger partial charge is 0.252 e. The average molecular weight is 807 g/mol. The van der Waals surface area contributed by atoms with E-state index in [4.69, 9.17) is 18.9 Å². The first kappa shape index (κ1) is 33.4. The summed E-state index contributed by atoms with van der Waals surface area (Å²) in [5.74, 6) is 5.48. The van der Waals surface area contributed by atoms with E-state index in [1.54, 1.807) is 0 Å². The summed E-state index contributed by atoms with van der Waals surface area (Å²) in [5, 5.41) is 0. The van der Waals surface area contributed by atoms with Crippen molar-refractivity contribution in [3.05, 3.63) is 188 Å². The van der Waals surface area contributed by atoms with Crippen molar-refractivity contribution in [3.8, 4) is 46.0 Å². The number of nitrogens with zero attached hydrogens (tertiary/aromatic N) is 3. The molecule has 0 aromatic heterocycles. The van der Waals surface area contributed by atoms with Crippen LogP contribution < -0.4 is 66.4 Å². The van der Waals surface area contributed by atoms with E-state index in [0.29, 0.717) is 46.0 Å². The third kappa shape index (κ3) is 4.45. The van der Waals surface area contributed by atoms with E-state index in [9.17, 15) is 0 Å². The number of ether oxygens (including phenoxy) is 4. The summed E-state index contributed by atoms with van der Waals surface area (Å²) in [5.41, 5.74) is 17.2. The molecule has 0 unspecified atom stereocenters. The van der Waals surface area contributed by atoms with E-state index in [1.165, 1.54) is 33.2 Å². The molecule has 0 bridgehead atoms. The summed E-state index contributed by atoms with van der Waals surface area (Å²) in [4.78, 5) is 7.41. The lowest BCUT2D eigenvalue weighted by atomic mass is 9.28. The molecule has 0 radical (unpaired) electrons. The summed E-state index contributed by atoms with van der Waals surface area (Å²) >= 11 is 0. The Labute approximate surface area is 363 Å². The molecule has 6 aliphatic rings. The largest absolute Gasteiger partial charge is 0.450 e. The minimum Gasteiger partial charge on any atom is -0.450 e. The second-order valence-corrected chi connectivity index (χ2v) is 16.8. The van der Waals surface area contributed by atoms with Crippen molar-refractivity contribution in [3.63, 3.8) is 0 Å². The molecule has 0 saturated carbocycles. The molecule has 9 heteroatoms. The number of para-hydroxylation sites is 8. The van der Waals surface area contributed by atoms with E-state index < -0.39 is 0 Å². The van der Waals surface area contributed by atoms with Gasteiger partial charge in [-0.1, -0.05) is 97.1 Å². The van der Waals surface area contributed by atoms with Crippen molar-refractivity contribution in [2.45, 2.75) is 0 Å². The van der Waals surface area contributed by atoms with Crippen LogP contribution >= 0.6 is 0 Å². The van der Waals surface area contributed by atoms with Crippen LogP contribution in [0.4, 0.5) is 51.2 Å². The molecule has 0 fully saturated rings. The quantitative estimate of drug-likeness (QED) is 0.161. The van der Waals surface area contributed by atoms with Crippen LogP contribution in [0.25, 0.3) is 0 Å². The van der Waals surface area contributed by atoms with Crippen molar-refractivity contribution >= 4 is 97.4 Å². The van der Waals surface area contributed by atoms with E-state index >= 15 is 0 Å². The summed E-state index contributed by atoms with van der Waals surface area (Å²) in [7, 11) is 0. The highest BCUT2D eigenvalue weighted by Crippen LogP contribution is 2.54. The maximum absolute atomic E-state index is 6.72. The summed E-state index contributed by atoms with van der Waals surface area (Å²) in [6, 6.07) is 66.4. The fourth-order valence-electron chi connectivity index (χ4n) is 11.0. The molecule has 0 aliphatic carbocycles. The van der Waals surface area contributed by atoms with Gasteiger partial charge in [-0.15, -0.1) is 0 Å². The Hall–Kier alpha value is -8.29. The Morgan fingerprint density at radius 2 is 0.635 bits per heavy atom. The first-order valence-corrected chi connectivity index (χ1v) is 21.4. The van der Waals surface area contributed by atoms with Gasteiger partial charge in [0.05, 0.1) is 0 Å². The molecule has 9 aromatic carbocycles. The molecular formula is C54H31B2N3O4. The zero-order chi connectivity index (χ0) is 40.9. The second-order valence-electron chi connectivity index (χ2n) is 16.8. The minimum atomic E-state index is -0.230. The number of hydrogen-bond acceptors (Lipinski definition) is 7. The molecule has 7 nitrogen and oxygen atoms in total. The number of benzene rings is 9. The summed E-state index contributed by atoms with van der Waals surface area (Å²) < 4.78 is 26.8. The van der Waals surface area contributed by atoms with Gasteiger partial charge in [0.25, 0.3) is 13.4 Å². The predicted octanol–water partition coefficient (Wildman–Crippen LogP) is 10.2. The van der Waals surface area contributed by atoms with Gasteiger partial charge in [0.15, 0.2) is 46.0 Å². The van der Waals surface area contributed by atoms with Crippen LogP contribution in [0.1, 0.15) is 0 Å². The predicted molar refractivity (Wildman–Crippen MR) is 253 cm³/mol. The van der Waals surface area contributed by atoms with Gasteiger partial charge in [-0.25, -0.2) is 0 Å². The normalized spacial score (nSPS) is 14.4. The van der Waals surface area contributed by atoms with Crippen molar-refractivity contribution in [1.29, 1.82) is 0 Å². The fourth-order valence-corrected chi connectivity index (χ4v) is 11.0. The standard InChI is InChI=1S/C54H31B2N3O4/c1-3-15-32(16-4-1)57-38-21-9-7-19-34(38)55-35-20-8-10-22-39(35)59-41-31-51-49(61-45-24-12-14-26-47(45)63-51)28-37(41)56-36-27-48-50(62-46-25-13-11-23-44(46)60-48)30-40(36)58(33-17-5-2-6-18-33)43-29-42(57)52(55)54(59)53(43)56/h1-31H. The highest BCUT2D eigenvalue weighted by molar-refractivity contribution is 7.04. The summed E-state index contributed by atoms with van der Waals surface area (Å²) in [6.07, 6.45) is 0. The van der Waals surface area contributed by atoms with Crippen LogP contribution in [-0.4, -0.2) is 13.4 Å². The SMILES string of the molecule is c1ccc(N2c3ccccc3B3c4ccccc4N4c5cc6c(cc5B5c7cc8c(cc7N(c7ccccc7)c7cc2c3c4c75)Oc2ccccc2O8)Oc2ccccc2O6)cc1. The monoisotopic (exact) mass is 807 g/mol. The summed E-state index contributed by atoms with van der Waals surface area (Å²) in [6.45, 7) is -0.259. The van der Waals surface area contributed by atoms with E-state index in [1.807, 2.05) is 48.5 Å². The molecule has 63 heavy (non-hydrogen) atoms. The maximum atomic E-state index is 6.72. The van der Waals surface area contributed by atoms with Crippen LogP contribution in [0.2, 0.25) is 0 Å². The Bertz CT molecular complexity index is 3450. The van der Waals surface area contributed by atoms with Crippen LogP contribution in [-0.2, 0) is 0 Å². The number of rotatable bonds is 2. The van der Waals surface area contributed by atoms with Crippen molar-refractivity contribution < 1.29 is 18.9 Å². The molecule has 9 aromatic rings. The van der Waals surface area contributed by atoms with Gasteiger partial charge < -0.3 is 33.6 Å². The second kappa shape index (κ2) is 12.2. The molecule has 0 amide bonds. The molecule has 6 aliphatic heterocycles. The minimum absolute atomic E-state index is 0.0291. The van der Waals surface area contributed by atoms with Crippen molar-refractivity contribution in [2.24, 2.45) is 0 Å². The Kier molecular flexibility index (Phi) is 6.46. The third-order valence-corrected chi connectivity index (χ3v) is 13.5. The maximum Gasteiger partial charge on any atom is 0.252 e. The Morgan fingerprint density at radius 1 is 0.270 bits per heavy atom. The molecule has 0 N–H and O–H groups in total. The molecule has 0 saturated heterocycles. The third-order valence-electron chi connectivity index (χ3n) is 13.5. The van der Waals surface area contributed by atoms with E-state index in [-0.39, 0.29) is 13.4 Å². The van der Waals surface area contributed by atoms with Gasteiger partial charge in [-0.3, -0.25) is 0 Å². The Balaban J connectivity index is 1.09. The number of anilines is 9. The van der Waals surface area contributed by atoms with Crippen molar-refractivity contribution in [1.82, 2.24) is 0 Å². The van der Waals surface area contributed by atoms with Gasteiger partial charge in [-0.2, -0.15) is 0 Å². The zero-order valence-corrected chi connectivity index (χ0v) is 33.5. The first-order valence-electron chi connectivity index (χ1n) is 21.4. The van der Waals surface area contributed by atoms with Crippen LogP contribution in [0.5, 0.6) is 46.0 Å². The van der Waals surface area contributed by atoms with Crippen LogP contribution in [0.15, 0.2) is 188 Å². The molecular weight excluding hydrogens is 776 g/mol. The Morgan fingerprint density at radius 3 is 1.13 bits per heavy atom. The van der Waals surface area contributed by atoms with Crippen LogP contribution in [0.3, 0.4) is 0 Å². The molecule has 0 atom stereocenters. The van der Waals surface area contributed by atoms with Gasteiger partial charge in [-0.05, 0) is 112 Å². The lowest BCUT2D eigenvalue weighted by molar-refractivity contribution is 0.360. The zero-order valence-electron chi connectivity index (χ0n) is 33.5. The lowest BCUT2D eigenvalue weighted by Crippen LogP contribution is -2.68. The highest BCUT2D eigenvalue weighted by atomic mass is 16.6. The van der Waals surface area contributed by atoms with E-state index in [2.05, 4.69) is 154 Å².